The first kappa shape index (κ1) is 13.5. The van der Waals surface area contributed by atoms with Crippen LogP contribution in [-0.2, 0) is 13.0 Å². The molecular formula is C11H20ClN3O. The van der Waals surface area contributed by atoms with Gasteiger partial charge in [0.15, 0.2) is 5.15 Å². The van der Waals surface area contributed by atoms with Crippen molar-refractivity contribution >= 4 is 11.6 Å². The fraction of sp³-hybridized carbons (Fsp3) is 0.727. The second-order valence-corrected chi connectivity index (χ2v) is 4.17. The number of halogens is 1. The average molecular weight is 246 g/mol. The van der Waals surface area contributed by atoms with Crippen LogP contribution >= 0.6 is 11.6 Å². The smallest absolute Gasteiger partial charge is 0.151 e. The largest absolute Gasteiger partial charge is 0.396 e. The lowest BCUT2D eigenvalue weighted by Crippen LogP contribution is -2.16. The van der Waals surface area contributed by atoms with Gasteiger partial charge in [0.2, 0.25) is 0 Å². The van der Waals surface area contributed by atoms with Gasteiger partial charge in [0.25, 0.3) is 0 Å². The standard InChI is InChI=1S/C11H20ClN3O/c1-2-3-5-10-14-9(11(12)15-10)8-13-6-4-7-16/h13,16H,2-8H2,1H3,(H,14,15). The third kappa shape index (κ3) is 4.51. The maximum Gasteiger partial charge on any atom is 0.151 e. The Morgan fingerprint density at radius 2 is 2.25 bits per heavy atom. The average Bonchev–Trinajstić information content (AvgIpc) is 2.63. The molecule has 1 heterocycles. The number of aliphatic hydroxyl groups is 1. The number of nitrogens with one attached hydrogen (secondary N) is 2. The van der Waals surface area contributed by atoms with Crippen molar-refractivity contribution in [2.45, 2.75) is 39.2 Å². The molecule has 3 N–H and O–H groups in total. The van der Waals surface area contributed by atoms with Crippen LogP contribution < -0.4 is 5.32 Å². The maximum atomic E-state index is 8.63. The molecule has 0 aromatic carbocycles. The molecule has 1 aromatic rings. The number of aliphatic hydroxyl groups excluding tert-OH is 1. The minimum absolute atomic E-state index is 0.214. The molecule has 4 nitrogen and oxygen atoms in total. The van der Waals surface area contributed by atoms with Gasteiger partial charge in [0, 0.05) is 19.6 Å². The number of nitrogens with zero attached hydrogens (tertiary/aromatic N) is 1. The molecule has 0 unspecified atom stereocenters. The zero-order chi connectivity index (χ0) is 11.8. The Morgan fingerprint density at radius 3 is 2.94 bits per heavy atom. The Hall–Kier alpha value is -0.580. The molecular weight excluding hydrogens is 226 g/mol. The summed E-state index contributed by atoms with van der Waals surface area (Å²) in [5.74, 6) is 0.964. The van der Waals surface area contributed by atoms with Crippen molar-refractivity contribution in [2.75, 3.05) is 13.2 Å². The van der Waals surface area contributed by atoms with E-state index in [1.54, 1.807) is 0 Å². The lowest BCUT2D eigenvalue weighted by molar-refractivity contribution is 0.286. The molecule has 0 saturated heterocycles. The van der Waals surface area contributed by atoms with Crippen LogP contribution in [0.3, 0.4) is 0 Å². The van der Waals surface area contributed by atoms with E-state index in [4.69, 9.17) is 16.7 Å². The number of hydrogen-bond donors (Lipinski definition) is 3. The molecule has 0 atom stereocenters. The zero-order valence-corrected chi connectivity index (χ0v) is 10.5. The SMILES string of the molecule is CCCCc1nc(Cl)c(CNCCCO)[nH]1. The van der Waals surface area contributed by atoms with E-state index >= 15 is 0 Å². The molecule has 0 spiro atoms. The Balaban J connectivity index is 2.37. The molecule has 1 aromatic heterocycles. The van der Waals surface area contributed by atoms with Crippen LogP contribution in [0.5, 0.6) is 0 Å². The van der Waals surface area contributed by atoms with Gasteiger partial charge in [-0.3, -0.25) is 0 Å². The topological polar surface area (TPSA) is 60.9 Å². The van der Waals surface area contributed by atoms with Crippen LogP contribution in [0.15, 0.2) is 0 Å². The highest BCUT2D eigenvalue weighted by Crippen LogP contribution is 2.13. The molecule has 0 saturated carbocycles. The van der Waals surface area contributed by atoms with Gasteiger partial charge >= 0.3 is 0 Å². The molecule has 0 bridgehead atoms. The van der Waals surface area contributed by atoms with Crippen molar-refractivity contribution in [1.29, 1.82) is 0 Å². The van der Waals surface area contributed by atoms with Crippen LogP contribution in [0.1, 0.15) is 37.7 Å². The summed E-state index contributed by atoms with van der Waals surface area (Å²) in [6.07, 6.45) is 3.99. The van der Waals surface area contributed by atoms with Crippen LogP contribution in [0, 0.1) is 0 Å². The normalized spacial score (nSPS) is 10.9. The van der Waals surface area contributed by atoms with Crippen LogP contribution in [0.25, 0.3) is 0 Å². The Labute approximate surface area is 101 Å². The van der Waals surface area contributed by atoms with Crippen molar-refractivity contribution in [3.8, 4) is 0 Å². The van der Waals surface area contributed by atoms with Crippen molar-refractivity contribution < 1.29 is 5.11 Å². The zero-order valence-electron chi connectivity index (χ0n) is 9.72. The van der Waals surface area contributed by atoms with E-state index in [0.717, 1.165) is 43.7 Å². The number of imidazole rings is 1. The summed E-state index contributed by atoms with van der Waals surface area (Å²) in [5.41, 5.74) is 0.936. The fourth-order valence-electron chi connectivity index (χ4n) is 1.44. The summed E-state index contributed by atoms with van der Waals surface area (Å²) < 4.78 is 0. The first-order valence-electron chi connectivity index (χ1n) is 5.82. The van der Waals surface area contributed by atoms with Gasteiger partial charge in [-0.25, -0.2) is 4.98 Å². The van der Waals surface area contributed by atoms with Gasteiger partial charge in [-0.05, 0) is 19.4 Å². The van der Waals surface area contributed by atoms with Crippen LogP contribution in [0.4, 0.5) is 0 Å². The summed E-state index contributed by atoms with van der Waals surface area (Å²) >= 11 is 6.00. The molecule has 5 heteroatoms. The van der Waals surface area contributed by atoms with E-state index in [0.29, 0.717) is 11.7 Å². The van der Waals surface area contributed by atoms with E-state index in [2.05, 4.69) is 22.2 Å². The molecule has 16 heavy (non-hydrogen) atoms. The number of hydrogen-bond acceptors (Lipinski definition) is 3. The van der Waals surface area contributed by atoms with Gasteiger partial charge < -0.3 is 15.4 Å². The molecule has 92 valence electrons. The minimum atomic E-state index is 0.214. The predicted molar refractivity (Wildman–Crippen MR) is 65.6 cm³/mol. The quantitative estimate of drug-likeness (QED) is 0.613. The Kier molecular flexibility index (Phi) is 6.45. The molecule has 0 radical (unpaired) electrons. The summed E-state index contributed by atoms with van der Waals surface area (Å²) in [7, 11) is 0. The van der Waals surface area contributed by atoms with E-state index in [-0.39, 0.29) is 6.61 Å². The highest BCUT2D eigenvalue weighted by atomic mass is 35.5. The highest BCUT2D eigenvalue weighted by molar-refractivity contribution is 6.30. The number of rotatable bonds is 8. The molecule has 0 fully saturated rings. The lowest BCUT2D eigenvalue weighted by atomic mass is 10.2. The van der Waals surface area contributed by atoms with Gasteiger partial charge in [-0.1, -0.05) is 24.9 Å². The Bertz CT molecular complexity index is 301. The third-order valence-electron chi connectivity index (χ3n) is 2.36. The summed E-state index contributed by atoms with van der Waals surface area (Å²) in [5, 5.41) is 12.4. The number of aromatic amines is 1. The van der Waals surface area contributed by atoms with Crippen molar-refractivity contribution in [3.05, 3.63) is 16.7 Å². The van der Waals surface area contributed by atoms with Crippen LogP contribution in [-0.4, -0.2) is 28.2 Å². The number of aryl methyl sites for hydroxylation is 1. The van der Waals surface area contributed by atoms with E-state index in [1.807, 2.05) is 0 Å². The van der Waals surface area contributed by atoms with Gasteiger partial charge in [-0.2, -0.15) is 0 Å². The first-order chi connectivity index (χ1) is 7.77. The predicted octanol–water partition coefficient (Wildman–Crippen LogP) is 1.88. The first-order valence-corrected chi connectivity index (χ1v) is 6.20. The molecule has 0 amide bonds. The van der Waals surface area contributed by atoms with Crippen LogP contribution in [0.2, 0.25) is 5.15 Å². The van der Waals surface area contributed by atoms with Gasteiger partial charge in [-0.15, -0.1) is 0 Å². The van der Waals surface area contributed by atoms with Crippen molar-refractivity contribution in [2.24, 2.45) is 0 Å². The van der Waals surface area contributed by atoms with E-state index in [9.17, 15) is 0 Å². The molecule has 0 aliphatic rings. The van der Waals surface area contributed by atoms with Crippen molar-refractivity contribution in [3.63, 3.8) is 0 Å². The molecule has 1 rings (SSSR count). The highest BCUT2D eigenvalue weighted by Gasteiger charge is 2.06. The number of H-pyrrole nitrogens is 1. The van der Waals surface area contributed by atoms with Crippen molar-refractivity contribution in [1.82, 2.24) is 15.3 Å². The Morgan fingerprint density at radius 1 is 1.44 bits per heavy atom. The molecule has 0 aliphatic heterocycles. The van der Waals surface area contributed by atoms with E-state index < -0.39 is 0 Å². The van der Waals surface area contributed by atoms with Gasteiger partial charge in [0.05, 0.1) is 5.69 Å². The second kappa shape index (κ2) is 7.65. The second-order valence-electron chi connectivity index (χ2n) is 3.81. The summed E-state index contributed by atoms with van der Waals surface area (Å²) in [6, 6.07) is 0. The maximum absolute atomic E-state index is 8.63. The minimum Gasteiger partial charge on any atom is -0.396 e. The fourth-order valence-corrected chi connectivity index (χ4v) is 1.65. The molecule has 0 aliphatic carbocycles. The number of aromatic nitrogens is 2. The van der Waals surface area contributed by atoms with E-state index in [1.165, 1.54) is 0 Å². The lowest BCUT2D eigenvalue weighted by Gasteiger charge is -2.01. The number of unbranched alkanes of at least 4 members (excludes halogenated alkanes) is 1. The van der Waals surface area contributed by atoms with Gasteiger partial charge in [0.1, 0.15) is 5.82 Å². The summed E-state index contributed by atoms with van der Waals surface area (Å²) in [4.78, 5) is 7.49. The monoisotopic (exact) mass is 245 g/mol. The third-order valence-corrected chi connectivity index (χ3v) is 2.67. The summed E-state index contributed by atoms with van der Waals surface area (Å²) in [6.45, 7) is 3.83.